The summed E-state index contributed by atoms with van der Waals surface area (Å²) in [5, 5.41) is 23.3. The topological polar surface area (TPSA) is 112 Å². The first-order valence-electron chi connectivity index (χ1n) is 10.5. The van der Waals surface area contributed by atoms with E-state index >= 15 is 0 Å². The lowest BCUT2D eigenvalue weighted by atomic mass is 9.95. The summed E-state index contributed by atoms with van der Waals surface area (Å²) in [5.41, 5.74) is 0.915. The fourth-order valence-electron chi connectivity index (χ4n) is 3.05. The van der Waals surface area contributed by atoms with E-state index in [4.69, 9.17) is 16.3 Å². The minimum absolute atomic E-state index is 0.0193. The summed E-state index contributed by atoms with van der Waals surface area (Å²) in [6.45, 7) is 5.33. The van der Waals surface area contributed by atoms with Crippen LogP contribution in [0, 0.1) is 15.5 Å². The van der Waals surface area contributed by atoms with Crippen molar-refractivity contribution in [2.45, 2.75) is 37.7 Å². The molecule has 34 heavy (non-hydrogen) atoms. The number of amides is 1. The number of hydrogen-bond donors (Lipinski definition) is 1. The molecular weight excluding hydrogens is 478 g/mol. The third-order valence-corrected chi connectivity index (χ3v) is 6.83. The van der Waals surface area contributed by atoms with Gasteiger partial charge in [0.1, 0.15) is 5.75 Å². The molecule has 3 rings (SSSR count). The number of rotatable bonds is 10. The van der Waals surface area contributed by atoms with Crippen LogP contribution in [0.1, 0.15) is 38.2 Å². The molecule has 1 amide bonds. The van der Waals surface area contributed by atoms with Crippen molar-refractivity contribution in [2.75, 3.05) is 13.0 Å². The smallest absolute Gasteiger partial charge is 0.269 e. The van der Waals surface area contributed by atoms with Gasteiger partial charge in [-0.05, 0) is 50.6 Å². The zero-order valence-corrected chi connectivity index (χ0v) is 20.9. The van der Waals surface area contributed by atoms with Crippen LogP contribution in [0.3, 0.4) is 0 Å². The lowest BCUT2D eigenvalue weighted by Gasteiger charge is -2.23. The first-order chi connectivity index (χ1) is 16.2. The Bertz CT molecular complexity index is 1170. The van der Waals surface area contributed by atoms with Crippen LogP contribution in [-0.2, 0) is 10.5 Å². The van der Waals surface area contributed by atoms with Crippen molar-refractivity contribution in [2.24, 2.45) is 5.41 Å². The number of alkyl halides is 1. The van der Waals surface area contributed by atoms with Gasteiger partial charge in [-0.25, -0.2) is 0 Å². The highest BCUT2D eigenvalue weighted by atomic mass is 35.5. The van der Waals surface area contributed by atoms with Gasteiger partial charge in [0.05, 0.1) is 23.5 Å². The molecule has 11 heteroatoms. The summed E-state index contributed by atoms with van der Waals surface area (Å²) in [6, 6.07) is 13.4. The van der Waals surface area contributed by atoms with Crippen LogP contribution in [0.15, 0.2) is 53.7 Å². The first kappa shape index (κ1) is 25.5. The number of hydrogen-bond acceptors (Lipinski definition) is 7. The van der Waals surface area contributed by atoms with Crippen LogP contribution in [0.2, 0.25) is 0 Å². The van der Waals surface area contributed by atoms with Crippen molar-refractivity contribution < 1.29 is 14.5 Å². The maximum atomic E-state index is 12.7. The highest BCUT2D eigenvalue weighted by Gasteiger charge is 2.29. The molecule has 0 saturated heterocycles. The molecule has 1 unspecified atom stereocenters. The molecule has 9 nitrogen and oxygen atoms in total. The fourth-order valence-corrected chi connectivity index (χ4v) is 4.07. The number of methoxy groups -OCH3 is 1. The van der Waals surface area contributed by atoms with Crippen molar-refractivity contribution in [1.29, 1.82) is 0 Å². The number of aromatic nitrogens is 3. The number of benzene rings is 2. The Morgan fingerprint density at radius 3 is 2.59 bits per heavy atom. The number of nitrogens with one attached hydrogen (secondary N) is 1. The summed E-state index contributed by atoms with van der Waals surface area (Å²) < 4.78 is 7.09. The molecule has 0 saturated carbocycles. The molecule has 0 fully saturated rings. The van der Waals surface area contributed by atoms with E-state index in [1.807, 2.05) is 31.2 Å². The number of nitrogens with zero attached hydrogens (tertiary/aromatic N) is 4. The average Bonchev–Trinajstić information content (AvgIpc) is 3.27. The number of thioether (sulfide) groups is 1. The van der Waals surface area contributed by atoms with E-state index in [-0.39, 0.29) is 17.5 Å². The van der Waals surface area contributed by atoms with Gasteiger partial charge in [0.15, 0.2) is 11.0 Å². The highest BCUT2D eigenvalue weighted by Crippen LogP contribution is 2.30. The Balaban J connectivity index is 1.94. The van der Waals surface area contributed by atoms with E-state index in [1.165, 1.54) is 23.9 Å². The number of carbonyl (C=O) groups excluding carboxylic acids is 1. The lowest BCUT2D eigenvalue weighted by molar-refractivity contribution is -0.384. The predicted molar refractivity (Wildman–Crippen MR) is 132 cm³/mol. The maximum Gasteiger partial charge on any atom is 0.269 e. The molecule has 1 atom stereocenters. The number of nitro benzene ring substituents is 1. The quantitative estimate of drug-likeness (QED) is 0.181. The van der Waals surface area contributed by atoms with Gasteiger partial charge < -0.3 is 10.1 Å². The van der Waals surface area contributed by atoms with Crippen LogP contribution in [0.25, 0.3) is 5.69 Å². The second kappa shape index (κ2) is 10.9. The van der Waals surface area contributed by atoms with Crippen LogP contribution in [-0.4, -0.2) is 38.6 Å². The van der Waals surface area contributed by atoms with E-state index in [9.17, 15) is 14.9 Å². The number of ether oxygens (including phenoxy) is 1. The zero-order chi connectivity index (χ0) is 24.9. The van der Waals surface area contributed by atoms with E-state index in [1.54, 1.807) is 37.7 Å². The molecule has 0 aliphatic carbocycles. The van der Waals surface area contributed by atoms with Gasteiger partial charge in [0, 0.05) is 29.5 Å². The van der Waals surface area contributed by atoms with Gasteiger partial charge in [0.25, 0.3) is 5.69 Å². The van der Waals surface area contributed by atoms with Crippen LogP contribution in [0.5, 0.6) is 5.75 Å². The fraction of sp³-hybridized carbons (Fsp3) is 0.348. The number of carbonyl (C=O) groups is 1. The Morgan fingerprint density at radius 2 is 1.97 bits per heavy atom. The number of nitro groups is 1. The molecule has 0 aliphatic heterocycles. The summed E-state index contributed by atoms with van der Waals surface area (Å²) >= 11 is 7.41. The molecular formula is C23H26ClN5O4S. The van der Waals surface area contributed by atoms with Gasteiger partial charge in [-0.2, -0.15) is 0 Å². The summed E-state index contributed by atoms with van der Waals surface area (Å²) in [7, 11) is 1.62. The zero-order valence-electron chi connectivity index (χ0n) is 19.3. The largest absolute Gasteiger partial charge is 0.497 e. The Kier molecular flexibility index (Phi) is 8.16. The van der Waals surface area contributed by atoms with Crippen LogP contribution in [0.4, 0.5) is 5.69 Å². The molecule has 180 valence electrons. The SMILES string of the molecule is COc1cccc(CSc2nnc(C(C)NC(=O)C(C)(C)CCl)n2-c2ccc([N+](=O)[O-])cc2)c1. The molecule has 1 aromatic heterocycles. The normalized spacial score (nSPS) is 12.3. The number of non-ortho nitro benzene ring substituents is 1. The number of halogens is 1. The molecule has 0 aliphatic rings. The summed E-state index contributed by atoms with van der Waals surface area (Å²) in [4.78, 5) is 23.3. The van der Waals surface area contributed by atoms with Crippen molar-refractivity contribution in [3.63, 3.8) is 0 Å². The summed E-state index contributed by atoms with van der Waals surface area (Å²) in [6.07, 6.45) is 0. The molecule has 3 aromatic rings. The lowest BCUT2D eigenvalue weighted by Crippen LogP contribution is -2.40. The Hall–Kier alpha value is -3.11. The Morgan fingerprint density at radius 1 is 1.26 bits per heavy atom. The van der Waals surface area contributed by atoms with Crippen molar-refractivity contribution in [1.82, 2.24) is 20.1 Å². The second-order valence-corrected chi connectivity index (χ2v) is 9.51. The van der Waals surface area contributed by atoms with Gasteiger partial charge in [-0.15, -0.1) is 21.8 Å². The van der Waals surface area contributed by atoms with Gasteiger partial charge in [0.2, 0.25) is 5.91 Å². The average molecular weight is 504 g/mol. The standard InChI is InChI=1S/C23H26ClN5O4S/c1-15(25-21(30)23(2,3)14-24)20-26-27-22(34-13-16-6-5-7-19(12-16)33-4)28(20)17-8-10-18(11-9-17)29(31)32/h5-12,15H,13-14H2,1-4H3,(H,25,30). The van der Waals surface area contributed by atoms with E-state index < -0.39 is 16.4 Å². The molecule has 1 N–H and O–H groups in total. The van der Waals surface area contributed by atoms with Crippen molar-refractivity contribution >= 4 is 35.0 Å². The molecule has 0 spiro atoms. The van der Waals surface area contributed by atoms with Crippen molar-refractivity contribution in [3.8, 4) is 11.4 Å². The highest BCUT2D eigenvalue weighted by molar-refractivity contribution is 7.98. The monoisotopic (exact) mass is 503 g/mol. The Labute approximate surface area is 207 Å². The maximum absolute atomic E-state index is 12.7. The van der Waals surface area contributed by atoms with Crippen molar-refractivity contribution in [3.05, 3.63) is 70.0 Å². The first-order valence-corrected chi connectivity index (χ1v) is 12.0. The second-order valence-electron chi connectivity index (χ2n) is 8.30. The summed E-state index contributed by atoms with van der Waals surface area (Å²) in [5.74, 6) is 1.82. The molecule has 0 bridgehead atoms. The minimum atomic E-state index is -0.752. The van der Waals surface area contributed by atoms with E-state index in [0.717, 1.165) is 11.3 Å². The van der Waals surface area contributed by atoms with Crippen LogP contribution >= 0.6 is 23.4 Å². The third-order valence-electron chi connectivity index (χ3n) is 5.16. The molecule has 1 heterocycles. The predicted octanol–water partition coefficient (Wildman–Crippen LogP) is 4.92. The van der Waals surface area contributed by atoms with E-state index in [2.05, 4.69) is 15.5 Å². The molecule has 2 aromatic carbocycles. The molecule has 0 radical (unpaired) electrons. The third kappa shape index (κ3) is 5.87. The van der Waals surface area contributed by atoms with Gasteiger partial charge in [-0.1, -0.05) is 23.9 Å². The van der Waals surface area contributed by atoms with Crippen LogP contribution < -0.4 is 10.1 Å². The van der Waals surface area contributed by atoms with E-state index in [0.29, 0.717) is 22.4 Å². The minimum Gasteiger partial charge on any atom is -0.497 e. The van der Waals surface area contributed by atoms with Gasteiger partial charge >= 0.3 is 0 Å². The van der Waals surface area contributed by atoms with Gasteiger partial charge in [-0.3, -0.25) is 19.5 Å².